The molecule has 4 aromatic heterocycles. The number of furan rings is 1. The second-order valence-electron chi connectivity index (χ2n) is 9.61. The number of aromatic nitrogens is 4. The van der Waals surface area contributed by atoms with Crippen molar-refractivity contribution < 1.29 is 9.21 Å². The SMILES string of the molecule is CC(=O)N1C2CCC1CC(n1cc(-c3cnc(N)c4oc(-c5cccc6cnsc56)cc34)cn1)C2. The highest BCUT2D eigenvalue weighted by Gasteiger charge is 2.42. The van der Waals surface area contributed by atoms with Gasteiger partial charge in [0.2, 0.25) is 5.91 Å². The molecule has 5 aromatic rings. The number of piperidine rings is 1. The van der Waals surface area contributed by atoms with Gasteiger partial charge in [-0.15, -0.1) is 0 Å². The van der Waals surface area contributed by atoms with Crippen LogP contribution < -0.4 is 5.73 Å². The number of carbonyl (C=O) groups excluding carboxylic acids is 1. The topological polar surface area (TPSA) is 103 Å². The fraction of sp³-hybridized carbons (Fsp3) is 0.308. The summed E-state index contributed by atoms with van der Waals surface area (Å²) in [6.45, 7) is 1.69. The number of nitrogens with zero attached hydrogens (tertiary/aromatic N) is 5. The molecule has 1 aromatic carbocycles. The minimum Gasteiger partial charge on any atom is -0.452 e. The van der Waals surface area contributed by atoms with Crippen molar-refractivity contribution >= 4 is 44.3 Å². The van der Waals surface area contributed by atoms with Gasteiger partial charge in [-0.05, 0) is 49.3 Å². The summed E-state index contributed by atoms with van der Waals surface area (Å²) in [4.78, 5) is 18.6. The van der Waals surface area contributed by atoms with Gasteiger partial charge >= 0.3 is 0 Å². The number of anilines is 1. The molecule has 0 radical (unpaired) electrons. The van der Waals surface area contributed by atoms with Crippen LogP contribution in [0.1, 0.15) is 38.6 Å². The first-order chi connectivity index (χ1) is 17.1. The Labute approximate surface area is 205 Å². The maximum atomic E-state index is 12.1. The van der Waals surface area contributed by atoms with Crippen LogP contribution in [0.25, 0.3) is 43.5 Å². The number of rotatable bonds is 3. The summed E-state index contributed by atoms with van der Waals surface area (Å²) < 4.78 is 13.7. The Kier molecular flexibility index (Phi) is 4.51. The number of pyridine rings is 1. The largest absolute Gasteiger partial charge is 0.452 e. The molecule has 0 saturated carbocycles. The molecule has 2 aliphatic heterocycles. The number of hydrogen-bond acceptors (Lipinski definition) is 7. The summed E-state index contributed by atoms with van der Waals surface area (Å²) in [6, 6.07) is 9.07. The fourth-order valence-electron chi connectivity index (χ4n) is 6.05. The molecule has 2 saturated heterocycles. The molecular weight excluding hydrogens is 460 g/mol. The number of nitrogens with two attached hydrogens (primary N) is 1. The Balaban J connectivity index is 1.26. The number of fused-ring (bicyclic) bond motifs is 4. The molecule has 7 rings (SSSR count). The van der Waals surface area contributed by atoms with Crippen molar-refractivity contribution in [3.05, 3.63) is 49.1 Å². The molecule has 0 aliphatic carbocycles. The number of hydrogen-bond donors (Lipinski definition) is 1. The van der Waals surface area contributed by atoms with Gasteiger partial charge in [0.15, 0.2) is 11.4 Å². The molecule has 9 heteroatoms. The van der Waals surface area contributed by atoms with Gasteiger partial charge in [0.1, 0.15) is 5.76 Å². The molecule has 35 heavy (non-hydrogen) atoms. The molecule has 2 unspecified atom stereocenters. The van der Waals surface area contributed by atoms with E-state index < -0.39 is 0 Å². The minimum atomic E-state index is 0.192. The quantitative estimate of drug-likeness (QED) is 0.374. The molecule has 2 bridgehead atoms. The molecule has 2 atom stereocenters. The first kappa shape index (κ1) is 20.6. The first-order valence-electron chi connectivity index (χ1n) is 11.9. The Morgan fingerprint density at radius 2 is 1.94 bits per heavy atom. The zero-order valence-electron chi connectivity index (χ0n) is 19.2. The normalized spacial score (nSPS) is 21.9. The molecule has 2 aliphatic rings. The summed E-state index contributed by atoms with van der Waals surface area (Å²) in [5, 5.41) is 6.73. The highest BCUT2D eigenvalue weighted by Crippen LogP contribution is 2.42. The summed E-state index contributed by atoms with van der Waals surface area (Å²) >= 11 is 1.46. The van der Waals surface area contributed by atoms with Crippen LogP contribution in [0.2, 0.25) is 0 Å². The molecule has 0 spiro atoms. The van der Waals surface area contributed by atoms with Crippen molar-refractivity contribution in [1.82, 2.24) is 24.0 Å². The second kappa shape index (κ2) is 7.64. The van der Waals surface area contributed by atoms with Gasteiger partial charge in [0.25, 0.3) is 0 Å². The predicted octanol–water partition coefficient (Wildman–Crippen LogP) is 5.26. The standard InChI is InChI=1S/C26H24N6O2S/c1-14(33)32-17-5-6-18(32)8-19(7-17)31-13-16(10-29-31)22-12-28-26(27)24-21(22)9-23(34-24)20-4-2-3-15-11-30-35-25(15)20/h2-4,9-13,17-19H,5-8H2,1H3,(H2,27,28). The minimum absolute atomic E-state index is 0.192. The maximum Gasteiger partial charge on any atom is 0.219 e. The smallest absolute Gasteiger partial charge is 0.219 e. The lowest BCUT2D eigenvalue weighted by Crippen LogP contribution is -2.45. The highest BCUT2D eigenvalue weighted by molar-refractivity contribution is 7.13. The van der Waals surface area contributed by atoms with Crippen LogP contribution in [0.15, 0.2) is 53.5 Å². The summed E-state index contributed by atoms with van der Waals surface area (Å²) in [5.41, 5.74) is 9.71. The zero-order chi connectivity index (χ0) is 23.7. The van der Waals surface area contributed by atoms with Gasteiger partial charge in [-0.25, -0.2) is 4.98 Å². The van der Waals surface area contributed by atoms with Crippen molar-refractivity contribution in [2.45, 2.75) is 50.7 Å². The third-order valence-corrected chi connectivity index (χ3v) is 8.44. The van der Waals surface area contributed by atoms with E-state index in [0.717, 1.165) is 63.6 Å². The highest BCUT2D eigenvalue weighted by atomic mass is 32.1. The van der Waals surface area contributed by atoms with E-state index in [1.165, 1.54) is 11.5 Å². The average Bonchev–Trinajstić information content (AvgIpc) is 3.64. The fourth-order valence-corrected chi connectivity index (χ4v) is 6.81. The van der Waals surface area contributed by atoms with Crippen LogP contribution in [-0.4, -0.2) is 42.0 Å². The number of carbonyl (C=O) groups is 1. The number of nitrogen functional groups attached to an aromatic ring is 1. The lowest BCUT2D eigenvalue weighted by molar-refractivity contribution is -0.133. The summed E-state index contributed by atoms with van der Waals surface area (Å²) in [5.74, 6) is 1.31. The van der Waals surface area contributed by atoms with Gasteiger partial charge in [0.05, 0.1) is 16.9 Å². The van der Waals surface area contributed by atoms with Crippen LogP contribution >= 0.6 is 11.5 Å². The van der Waals surface area contributed by atoms with Crippen LogP contribution in [0.4, 0.5) is 5.82 Å². The van der Waals surface area contributed by atoms with Crippen molar-refractivity contribution in [2.75, 3.05) is 5.73 Å². The van der Waals surface area contributed by atoms with E-state index >= 15 is 0 Å². The summed E-state index contributed by atoms with van der Waals surface area (Å²) in [6.07, 6.45) is 11.7. The van der Waals surface area contributed by atoms with E-state index in [2.05, 4.69) is 25.1 Å². The van der Waals surface area contributed by atoms with Crippen molar-refractivity contribution in [1.29, 1.82) is 0 Å². The Morgan fingerprint density at radius 3 is 2.74 bits per heavy atom. The van der Waals surface area contributed by atoms with E-state index in [-0.39, 0.29) is 11.9 Å². The van der Waals surface area contributed by atoms with Crippen LogP contribution in [-0.2, 0) is 4.79 Å². The third kappa shape index (κ3) is 3.18. The van der Waals surface area contributed by atoms with Crippen LogP contribution in [0, 0.1) is 0 Å². The Bertz CT molecular complexity index is 1590. The van der Waals surface area contributed by atoms with Crippen LogP contribution in [0.5, 0.6) is 0 Å². The molecule has 8 nitrogen and oxygen atoms in total. The van der Waals surface area contributed by atoms with E-state index in [1.807, 2.05) is 36.7 Å². The van der Waals surface area contributed by atoms with E-state index in [0.29, 0.717) is 23.5 Å². The van der Waals surface area contributed by atoms with Gasteiger partial charge in [0, 0.05) is 65.1 Å². The Morgan fingerprint density at radius 1 is 1.11 bits per heavy atom. The zero-order valence-corrected chi connectivity index (χ0v) is 20.0. The third-order valence-electron chi connectivity index (χ3n) is 7.59. The average molecular weight is 485 g/mol. The van der Waals surface area contributed by atoms with E-state index in [9.17, 15) is 4.79 Å². The maximum absolute atomic E-state index is 12.1. The summed E-state index contributed by atoms with van der Waals surface area (Å²) in [7, 11) is 0. The number of benzene rings is 1. The molecular formula is C26H24N6O2S. The lowest BCUT2D eigenvalue weighted by atomic mass is 9.97. The molecule has 176 valence electrons. The molecule has 2 N–H and O–H groups in total. The van der Waals surface area contributed by atoms with Gasteiger partial charge in [-0.3, -0.25) is 9.48 Å². The monoisotopic (exact) mass is 484 g/mol. The lowest BCUT2D eigenvalue weighted by Gasteiger charge is -2.38. The molecule has 6 heterocycles. The Hall–Kier alpha value is -3.72. The van der Waals surface area contributed by atoms with Crippen molar-refractivity contribution in [3.8, 4) is 22.5 Å². The van der Waals surface area contributed by atoms with E-state index in [4.69, 9.17) is 15.2 Å². The molecule has 2 fully saturated rings. The predicted molar refractivity (Wildman–Crippen MR) is 136 cm³/mol. The van der Waals surface area contributed by atoms with Gasteiger partial charge < -0.3 is 15.1 Å². The van der Waals surface area contributed by atoms with Gasteiger partial charge in [-0.2, -0.15) is 9.47 Å². The van der Waals surface area contributed by atoms with Gasteiger partial charge in [-0.1, -0.05) is 12.1 Å². The van der Waals surface area contributed by atoms with Crippen molar-refractivity contribution in [3.63, 3.8) is 0 Å². The van der Waals surface area contributed by atoms with E-state index in [1.54, 1.807) is 13.1 Å². The second-order valence-corrected chi connectivity index (χ2v) is 10.4. The van der Waals surface area contributed by atoms with Crippen LogP contribution in [0.3, 0.4) is 0 Å². The molecule has 1 amide bonds. The van der Waals surface area contributed by atoms with Crippen molar-refractivity contribution in [2.24, 2.45) is 0 Å². The number of amides is 1. The first-order valence-corrected chi connectivity index (χ1v) is 12.7.